The number of para-hydroxylation sites is 1. The van der Waals surface area contributed by atoms with Gasteiger partial charge in [-0.05, 0) is 6.07 Å². The number of alkyl halides is 3. The number of amides is 1. The van der Waals surface area contributed by atoms with E-state index in [0.717, 1.165) is 0 Å². The summed E-state index contributed by atoms with van der Waals surface area (Å²) in [5, 5.41) is 5.43. The molecule has 1 saturated heterocycles. The van der Waals surface area contributed by atoms with Crippen LogP contribution in [0, 0.1) is 0 Å². The number of hydrogen-bond donors (Lipinski definition) is 2. The number of benzene rings is 1. The van der Waals surface area contributed by atoms with Crippen LogP contribution in [0.2, 0.25) is 0 Å². The first-order chi connectivity index (χ1) is 8.47. The lowest BCUT2D eigenvalue weighted by molar-refractivity contribution is -0.275. The Morgan fingerprint density at radius 2 is 1.94 bits per heavy atom. The van der Waals surface area contributed by atoms with E-state index in [4.69, 9.17) is 0 Å². The van der Waals surface area contributed by atoms with Crippen molar-refractivity contribution >= 4 is 5.91 Å². The van der Waals surface area contributed by atoms with Crippen molar-refractivity contribution in [3.05, 3.63) is 29.8 Å². The third-order valence-electron chi connectivity index (χ3n) is 2.49. The Morgan fingerprint density at radius 3 is 2.61 bits per heavy atom. The lowest BCUT2D eigenvalue weighted by atomic mass is 10.0. The molecule has 1 atom stereocenters. The summed E-state index contributed by atoms with van der Waals surface area (Å²) >= 11 is 0. The number of ether oxygens (including phenoxy) is 1. The van der Waals surface area contributed by atoms with Crippen molar-refractivity contribution in [1.29, 1.82) is 0 Å². The molecule has 0 aromatic heterocycles. The summed E-state index contributed by atoms with van der Waals surface area (Å²) in [4.78, 5) is 11.6. The average molecular weight is 260 g/mol. The van der Waals surface area contributed by atoms with Gasteiger partial charge in [0.2, 0.25) is 5.91 Å². The van der Waals surface area contributed by atoms with E-state index < -0.39 is 12.4 Å². The first kappa shape index (κ1) is 12.7. The van der Waals surface area contributed by atoms with Crippen LogP contribution in [-0.2, 0) is 4.79 Å². The second kappa shape index (κ2) is 4.85. The van der Waals surface area contributed by atoms with Gasteiger partial charge in [-0.3, -0.25) is 4.79 Å². The molecule has 1 aromatic carbocycles. The Bertz CT molecular complexity index is 448. The second-order valence-electron chi connectivity index (χ2n) is 3.76. The van der Waals surface area contributed by atoms with Gasteiger partial charge in [0.05, 0.1) is 0 Å². The average Bonchev–Trinajstić information content (AvgIpc) is 2.29. The minimum atomic E-state index is -4.78. The fourth-order valence-electron chi connectivity index (χ4n) is 1.78. The van der Waals surface area contributed by atoms with E-state index in [0.29, 0.717) is 13.1 Å². The van der Waals surface area contributed by atoms with Gasteiger partial charge in [0.15, 0.2) is 0 Å². The van der Waals surface area contributed by atoms with Crippen molar-refractivity contribution < 1.29 is 22.7 Å². The van der Waals surface area contributed by atoms with Gasteiger partial charge < -0.3 is 15.4 Å². The molecule has 0 bridgehead atoms. The highest BCUT2D eigenvalue weighted by Crippen LogP contribution is 2.30. The molecular weight excluding hydrogens is 249 g/mol. The number of carbonyl (C=O) groups excluding carboxylic acids is 1. The van der Waals surface area contributed by atoms with E-state index in [2.05, 4.69) is 15.4 Å². The summed E-state index contributed by atoms with van der Waals surface area (Å²) in [5.74, 6) is -0.723. The van der Waals surface area contributed by atoms with Gasteiger partial charge in [-0.2, -0.15) is 0 Å². The predicted octanol–water partition coefficient (Wildman–Crippen LogP) is 1.35. The quantitative estimate of drug-likeness (QED) is 0.843. The lowest BCUT2D eigenvalue weighted by Crippen LogP contribution is -2.47. The van der Waals surface area contributed by atoms with Crippen molar-refractivity contribution in [1.82, 2.24) is 10.6 Å². The summed E-state index contributed by atoms with van der Waals surface area (Å²) in [6, 6.07) is 4.78. The van der Waals surface area contributed by atoms with Crippen molar-refractivity contribution in [2.45, 2.75) is 12.4 Å². The number of nitrogens with one attached hydrogen (secondary N) is 2. The molecule has 1 heterocycles. The molecule has 0 unspecified atom stereocenters. The van der Waals surface area contributed by atoms with Crippen molar-refractivity contribution in [2.24, 2.45) is 0 Å². The largest absolute Gasteiger partial charge is 0.573 e. The maximum atomic E-state index is 12.2. The minimum absolute atomic E-state index is 0.173. The number of hydrogen-bond acceptors (Lipinski definition) is 3. The molecule has 2 rings (SSSR count). The van der Waals surface area contributed by atoms with Crippen LogP contribution >= 0.6 is 0 Å². The highest BCUT2D eigenvalue weighted by atomic mass is 19.4. The van der Waals surface area contributed by atoms with Crippen LogP contribution in [0.3, 0.4) is 0 Å². The molecule has 18 heavy (non-hydrogen) atoms. The molecule has 7 heteroatoms. The van der Waals surface area contributed by atoms with Crippen LogP contribution in [0.5, 0.6) is 5.75 Å². The molecule has 98 valence electrons. The van der Waals surface area contributed by atoms with Gasteiger partial charge in [-0.25, -0.2) is 0 Å². The summed E-state index contributed by atoms with van der Waals surface area (Å²) in [7, 11) is 0. The summed E-state index contributed by atoms with van der Waals surface area (Å²) in [6.45, 7) is 0.953. The molecule has 1 aromatic rings. The summed E-state index contributed by atoms with van der Waals surface area (Å²) < 4.78 is 40.6. The van der Waals surface area contributed by atoms with E-state index in [9.17, 15) is 18.0 Å². The fraction of sp³-hybridized carbons (Fsp3) is 0.364. The molecule has 0 saturated carbocycles. The highest BCUT2D eigenvalue weighted by molar-refractivity contribution is 5.84. The van der Waals surface area contributed by atoms with E-state index in [-0.39, 0.29) is 17.2 Å². The van der Waals surface area contributed by atoms with Crippen molar-refractivity contribution in [3.8, 4) is 5.75 Å². The van der Waals surface area contributed by atoms with Gasteiger partial charge in [0.1, 0.15) is 11.8 Å². The standard InChI is InChI=1S/C11H11F3N2O2/c12-11(13,14)18-8-4-2-1-3-7(8)9-10(17)16-6-5-15-9/h1-4,9,15H,5-6H2,(H,16,17)/t9-/m0/s1. The molecule has 0 aliphatic carbocycles. The van der Waals surface area contributed by atoms with E-state index in [1.54, 1.807) is 6.07 Å². The SMILES string of the molecule is O=C1NCCN[C@H]1c1ccccc1OC(F)(F)F. The Hall–Kier alpha value is -1.76. The Kier molecular flexibility index (Phi) is 3.42. The van der Waals surface area contributed by atoms with E-state index >= 15 is 0 Å². The number of piperazine rings is 1. The first-order valence-corrected chi connectivity index (χ1v) is 5.33. The molecule has 1 fully saturated rings. The Morgan fingerprint density at radius 1 is 1.22 bits per heavy atom. The fourth-order valence-corrected chi connectivity index (χ4v) is 1.78. The third-order valence-corrected chi connectivity index (χ3v) is 2.49. The minimum Gasteiger partial charge on any atom is -0.405 e. The van der Waals surface area contributed by atoms with Gasteiger partial charge in [-0.1, -0.05) is 18.2 Å². The zero-order chi connectivity index (χ0) is 13.2. The zero-order valence-electron chi connectivity index (χ0n) is 9.25. The first-order valence-electron chi connectivity index (χ1n) is 5.33. The molecular formula is C11H11F3N2O2. The lowest BCUT2D eigenvalue weighted by Gasteiger charge is -2.25. The third kappa shape index (κ3) is 2.92. The smallest absolute Gasteiger partial charge is 0.405 e. The molecule has 1 amide bonds. The van der Waals surface area contributed by atoms with Crippen LogP contribution in [0.25, 0.3) is 0 Å². The van der Waals surface area contributed by atoms with Crippen LogP contribution in [0.4, 0.5) is 13.2 Å². The van der Waals surface area contributed by atoms with E-state index in [1.807, 2.05) is 0 Å². The number of halogens is 3. The Balaban J connectivity index is 2.29. The number of carbonyl (C=O) groups is 1. The van der Waals surface area contributed by atoms with Crippen molar-refractivity contribution in [2.75, 3.05) is 13.1 Å². The van der Waals surface area contributed by atoms with Crippen LogP contribution in [0.15, 0.2) is 24.3 Å². The molecule has 1 aliphatic heterocycles. The van der Waals surface area contributed by atoms with Gasteiger partial charge >= 0.3 is 6.36 Å². The maximum Gasteiger partial charge on any atom is 0.573 e. The van der Waals surface area contributed by atoms with Gasteiger partial charge in [0, 0.05) is 18.7 Å². The normalized spacial score (nSPS) is 20.4. The van der Waals surface area contributed by atoms with E-state index in [1.165, 1.54) is 18.2 Å². The molecule has 1 aliphatic rings. The molecule has 0 radical (unpaired) electrons. The molecule has 0 spiro atoms. The van der Waals surface area contributed by atoms with Crippen LogP contribution in [-0.4, -0.2) is 25.4 Å². The monoisotopic (exact) mass is 260 g/mol. The summed E-state index contributed by atoms with van der Waals surface area (Å²) in [5.41, 5.74) is 0.173. The highest BCUT2D eigenvalue weighted by Gasteiger charge is 2.34. The molecule has 4 nitrogen and oxygen atoms in total. The maximum absolute atomic E-state index is 12.2. The predicted molar refractivity (Wildman–Crippen MR) is 56.9 cm³/mol. The van der Waals surface area contributed by atoms with Crippen LogP contribution in [0.1, 0.15) is 11.6 Å². The topological polar surface area (TPSA) is 50.4 Å². The molecule has 2 N–H and O–H groups in total. The van der Waals surface area contributed by atoms with Crippen molar-refractivity contribution in [3.63, 3.8) is 0 Å². The Labute approximate surface area is 101 Å². The van der Waals surface area contributed by atoms with Gasteiger partial charge in [-0.15, -0.1) is 13.2 Å². The van der Waals surface area contributed by atoms with Gasteiger partial charge in [0.25, 0.3) is 0 Å². The second-order valence-corrected chi connectivity index (χ2v) is 3.76. The zero-order valence-corrected chi connectivity index (χ0v) is 9.25. The number of rotatable bonds is 2. The van der Waals surface area contributed by atoms with Crippen LogP contribution < -0.4 is 15.4 Å². The summed E-state index contributed by atoms with van der Waals surface area (Å²) in [6.07, 6.45) is -4.78.